The third-order valence-electron chi connectivity index (χ3n) is 2.38. The fraction of sp³-hybridized carbons (Fsp3) is 0.0714. The lowest BCUT2D eigenvalue weighted by Gasteiger charge is -2.07. The molecular formula is C14H9ClFNO. The lowest BCUT2D eigenvalue weighted by atomic mass is 10.1. The molecule has 0 saturated heterocycles. The van der Waals surface area contributed by atoms with Gasteiger partial charge in [0.05, 0.1) is 11.6 Å². The molecule has 0 spiro atoms. The Morgan fingerprint density at radius 2 is 1.89 bits per heavy atom. The molecular weight excluding hydrogens is 253 g/mol. The number of hydrogen-bond donors (Lipinski definition) is 0. The zero-order valence-electron chi connectivity index (χ0n) is 9.36. The second-order valence-electron chi connectivity index (χ2n) is 3.66. The summed E-state index contributed by atoms with van der Waals surface area (Å²) in [5, 5.41) is 9.35. The van der Waals surface area contributed by atoms with Gasteiger partial charge in [-0.2, -0.15) is 5.26 Å². The van der Waals surface area contributed by atoms with Crippen LogP contribution in [-0.4, -0.2) is 0 Å². The number of benzene rings is 2. The van der Waals surface area contributed by atoms with E-state index in [1.54, 1.807) is 24.3 Å². The zero-order valence-corrected chi connectivity index (χ0v) is 10.1. The predicted molar refractivity (Wildman–Crippen MR) is 66.9 cm³/mol. The molecule has 90 valence electrons. The Morgan fingerprint density at radius 3 is 2.56 bits per heavy atom. The highest BCUT2D eigenvalue weighted by molar-refractivity contribution is 6.30. The fourth-order valence-electron chi connectivity index (χ4n) is 1.45. The maximum absolute atomic E-state index is 13.5. The predicted octanol–water partition coefficient (Wildman–Crippen LogP) is 3.93. The van der Waals surface area contributed by atoms with Crippen molar-refractivity contribution in [1.29, 1.82) is 5.26 Å². The highest BCUT2D eigenvalue weighted by Crippen LogP contribution is 2.18. The van der Waals surface area contributed by atoms with Gasteiger partial charge < -0.3 is 4.74 Å². The summed E-state index contributed by atoms with van der Waals surface area (Å²) >= 11 is 5.74. The Labute approximate surface area is 109 Å². The quantitative estimate of drug-likeness (QED) is 0.839. The summed E-state index contributed by atoms with van der Waals surface area (Å²) in [6.45, 7) is 0.0724. The van der Waals surface area contributed by atoms with Crippen molar-refractivity contribution < 1.29 is 9.13 Å². The summed E-state index contributed by atoms with van der Waals surface area (Å²) in [7, 11) is 0. The van der Waals surface area contributed by atoms with Crippen molar-refractivity contribution in [3.05, 3.63) is 64.4 Å². The standard InChI is InChI=1S/C14H9ClFNO/c15-12-2-4-13(5-3-12)18-9-11-7-10(8-17)1-6-14(11)16/h1-7H,9H2. The van der Waals surface area contributed by atoms with E-state index < -0.39 is 0 Å². The normalized spacial score (nSPS) is 9.83. The molecule has 0 radical (unpaired) electrons. The molecule has 0 fully saturated rings. The van der Waals surface area contributed by atoms with Crippen molar-refractivity contribution >= 4 is 11.6 Å². The third-order valence-corrected chi connectivity index (χ3v) is 2.63. The SMILES string of the molecule is N#Cc1ccc(F)c(COc2ccc(Cl)cc2)c1. The Balaban J connectivity index is 2.10. The van der Waals surface area contributed by atoms with Crippen molar-refractivity contribution in [3.8, 4) is 11.8 Å². The molecule has 0 aliphatic heterocycles. The summed E-state index contributed by atoms with van der Waals surface area (Å²) in [6.07, 6.45) is 0. The maximum atomic E-state index is 13.5. The monoisotopic (exact) mass is 261 g/mol. The lowest BCUT2D eigenvalue weighted by Crippen LogP contribution is -1.99. The average molecular weight is 262 g/mol. The molecule has 0 bridgehead atoms. The van der Waals surface area contributed by atoms with Gasteiger partial charge in [-0.3, -0.25) is 0 Å². The second kappa shape index (κ2) is 5.52. The highest BCUT2D eigenvalue weighted by atomic mass is 35.5. The van der Waals surface area contributed by atoms with E-state index in [0.29, 0.717) is 21.9 Å². The smallest absolute Gasteiger partial charge is 0.129 e. The maximum Gasteiger partial charge on any atom is 0.129 e. The number of nitriles is 1. The van der Waals surface area contributed by atoms with Crippen molar-refractivity contribution in [2.24, 2.45) is 0 Å². The van der Waals surface area contributed by atoms with Crippen molar-refractivity contribution in [1.82, 2.24) is 0 Å². The van der Waals surface area contributed by atoms with E-state index >= 15 is 0 Å². The molecule has 2 aromatic rings. The summed E-state index contributed by atoms with van der Waals surface area (Å²) < 4.78 is 18.9. The Hall–Kier alpha value is -2.05. The van der Waals surface area contributed by atoms with Crippen LogP contribution in [0, 0.1) is 17.1 Å². The topological polar surface area (TPSA) is 33.0 Å². The molecule has 2 aromatic carbocycles. The van der Waals surface area contributed by atoms with Crippen molar-refractivity contribution in [2.45, 2.75) is 6.61 Å². The van der Waals surface area contributed by atoms with Crippen LogP contribution >= 0.6 is 11.6 Å². The van der Waals surface area contributed by atoms with Crippen LogP contribution in [-0.2, 0) is 6.61 Å². The summed E-state index contributed by atoms with van der Waals surface area (Å²) in [5.41, 5.74) is 0.759. The summed E-state index contributed by atoms with van der Waals surface area (Å²) in [4.78, 5) is 0. The molecule has 0 heterocycles. The number of halogens is 2. The van der Waals surface area contributed by atoms with Crippen LogP contribution in [0.3, 0.4) is 0 Å². The van der Waals surface area contributed by atoms with Crippen LogP contribution in [0.1, 0.15) is 11.1 Å². The van der Waals surface area contributed by atoms with Gasteiger partial charge in [-0.25, -0.2) is 4.39 Å². The third kappa shape index (κ3) is 2.99. The number of rotatable bonds is 3. The second-order valence-corrected chi connectivity index (χ2v) is 4.10. The van der Waals surface area contributed by atoms with Gasteiger partial charge in [0, 0.05) is 10.6 Å². The van der Waals surface area contributed by atoms with Gasteiger partial charge in [0.2, 0.25) is 0 Å². The molecule has 4 heteroatoms. The molecule has 2 rings (SSSR count). The van der Waals surface area contributed by atoms with Gasteiger partial charge >= 0.3 is 0 Å². The van der Waals surface area contributed by atoms with Gasteiger partial charge in [0.25, 0.3) is 0 Å². The van der Waals surface area contributed by atoms with E-state index in [4.69, 9.17) is 21.6 Å². The molecule has 0 atom stereocenters. The first kappa shape index (κ1) is 12.4. The minimum absolute atomic E-state index is 0.0724. The van der Waals surface area contributed by atoms with Gasteiger partial charge in [-0.15, -0.1) is 0 Å². The van der Waals surface area contributed by atoms with Crippen LogP contribution in [0.2, 0.25) is 5.02 Å². The molecule has 0 aromatic heterocycles. The Bertz CT molecular complexity index is 590. The van der Waals surface area contributed by atoms with Crippen LogP contribution < -0.4 is 4.74 Å². The van der Waals surface area contributed by atoms with E-state index in [-0.39, 0.29) is 12.4 Å². The first-order valence-electron chi connectivity index (χ1n) is 5.26. The average Bonchev–Trinajstić information content (AvgIpc) is 2.40. The minimum Gasteiger partial charge on any atom is -0.489 e. The van der Waals surface area contributed by atoms with E-state index in [1.807, 2.05) is 6.07 Å². The van der Waals surface area contributed by atoms with Gasteiger partial charge in [-0.05, 0) is 42.5 Å². The van der Waals surface area contributed by atoms with E-state index in [1.165, 1.54) is 18.2 Å². The summed E-state index contributed by atoms with van der Waals surface area (Å²) in [5.74, 6) is 0.212. The molecule has 18 heavy (non-hydrogen) atoms. The molecule has 0 amide bonds. The first-order valence-corrected chi connectivity index (χ1v) is 5.64. The van der Waals surface area contributed by atoms with Gasteiger partial charge in [-0.1, -0.05) is 11.6 Å². The lowest BCUT2D eigenvalue weighted by molar-refractivity contribution is 0.300. The van der Waals surface area contributed by atoms with Gasteiger partial charge in [0.1, 0.15) is 18.2 Å². The molecule has 0 unspecified atom stereocenters. The Morgan fingerprint density at radius 1 is 1.17 bits per heavy atom. The fourth-order valence-corrected chi connectivity index (χ4v) is 1.57. The molecule has 2 nitrogen and oxygen atoms in total. The molecule has 0 aliphatic rings. The van der Waals surface area contributed by atoms with Crippen LogP contribution in [0.15, 0.2) is 42.5 Å². The molecule has 0 aliphatic carbocycles. The number of hydrogen-bond acceptors (Lipinski definition) is 2. The first-order chi connectivity index (χ1) is 8.69. The number of nitrogens with zero attached hydrogens (tertiary/aromatic N) is 1. The van der Waals surface area contributed by atoms with E-state index in [0.717, 1.165) is 0 Å². The van der Waals surface area contributed by atoms with Crippen LogP contribution in [0.4, 0.5) is 4.39 Å². The van der Waals surface area contributed by atoms with E-state index in [2.05, 4.69) is 0 Å². The van der Waals surface area contributed by atoms with Crippen molar-refractivity contribution in [2.75, 3.05) is 0 Å². The molecule has 0 N–H and O–H groups in total. The molecule has 0 saturated carbocycles. The van der Waals surface area contributed by atoms with Crippen LogP contribution in [0.25, 0.3) is 0 Å². The Kier molecular flexibility index (Phi) is 3.81. The van der Waals surface area contributed by atoms with Crippen molar-refractivity contribution in [3.63, 3.8) is 0 Å². The largest absolute Gasteiger partial charge is 0.489 e. The highest BCUT2D eigenvalue weighted by Gasteiger charge is 2.04. The van der Waals surface area contributed by atoms with Crippen LogP contribution in [0.5, 0.6) is 5.75 Å². The van der Waals surface area contributed by atoms with Gasteiger partial charge in [0.15, 0.2) is 0 Å². The number of ether oxygens (including phenoxy) is 1. The summed E-state index contributed by atoms with van der Waals surface area (Å²) in [6, 6.07) is 12.9. The van der Waals surface area contributed by atoms with E-state index in [9.17, 15) is 4.39 Å². The minimum atomic E-state index is -0.386. The zero-order chi connectivity index (χ0) is 13.0.